The van der Waals surface area contributed by atoms with Gasteiger partial charge in [0.1, 0.15) is 5.75 Å². The summed E-state index contributed by atoms with van der Waals surface area (Å²) in [5, 5.41) is 7.63. The van der Waals surface area contributed by atoms with Gasteiger partial charge in [-0.3, -0.25) is 4.40 Å². The van der Waals surface area contributed by atoms with Gasteiger partial charge in [0.05, 0.1) is 6.61 Å². The molecule has 10 heteroatoms. The van der Waals surface area contributed by atoms with Crippen molar-refractivity contribution in [3.63, 3.8) is 0 Å². The highest BCUT2D eigenvalue weighted by Crippen LogP contribution is 2.45. The van der Waals surface area contributed by atoms with Crippen LogP contribution in [0.1, 0.15) is 57.4 Å². The Labute approximate surface area is 169 Å². The van der Waals surface area contributed by atoms with E-state index in [1.165, 1.54) is 4.40 Å². The molecule has 0 aromatic carbocycles. The second kappa shape index (κ2) is 8.25. The Morgan fingerprint density at radius 2 is 2.07 bits per heavy atom. The summed E-state index contributed by atoms with van der Waals surface area (Å²) in [6, 6.07) is 1.69. The van der Waals surface area contributed by atoms with Crippen LogP contribution < -0.4 is 9.46 Å². The van der Waals surface area contributed by atoms with Crippen LogP contribution in [0.4, 0.5) is 14.7 Å². The highest BCUT2D eigenvalue weighted by Gasteiger charge is 2.31. The predicted octanol–water partition coefficient (Wildman–Crippen LogP) is 4.33. The normalized spacial score (nSPS) is 15.1. The van der Waals surface area contributed by atoms with Crippen molar-refractivity contribution in [3.05, 3.63) is 30.5 Å². The van der Waals surface area contributed by atoms with E-state index in [9.17, 15) is 17.2 Å². The third-order valence-electron chi connectivity index (χ3n) is 5.63. The van der Waals surface area contributed by atoms with Crippen LogP contribution in [0, 0.1) is 5.41 Å². The summed E-state index contributed by atoms with van der Waals surface area (Å²) in [5.74, 6) is -2.86. The highest BCUT2D eigenvalue weighted by molar-refractivity contribution is 7.92. The van der Waals surface area contributed by atoms with E-state index in [2.05, 4.69) is 30.6 Å². The Hall–Kier alpha value is -2.23. The number of pyridine rings is 1. The molecular weight excluding hydrogens is 402 g/mol. The molecular formula is C19H26F2N4O3S. The fraction of sp³-hybridized carbons (Fsp3) is 0.579. The molecule has 1 fully saturated rings. The first-order chi connectivity index (χ1) is 13.7. The zero-order chi connectivity index (χ0) is 21.2. The summed E-state index contributed by atoms with van der Waals surface area (Å²) in [6.45, 7) is 8.62. The molecule has 2 heterocycles. The van der Waals surface area contributed by atoms with Crippen LogP contribution in [-0.2, 0) is 10.0 Å². The zero-order valence-corrected chi connectivity index (χ0v) is 17.4. The molecule has 2 aromatic rings. The van der Waals surface area contributed by atoms with Crippen molar-refractivity contribution in [2.75, 3.05) is 11.3 Å². The first-order valence-corrected chi connectivity index (χ1v) is 11.2. The van der Waals surface area contributed by atoms with Gasteiger partial charge in [-0.2, -0.15) is 8.78 Å². The molecule has 29 heavy (non-hydrogen) atoms. The Kier molecular flexibility index (Phi) is 6.11. The van der Waals surface area contributed by atoms with Gasteiger partial charge >= 0.3 is 5.76 Å². The summed E-state index contributed by atoms with van der Waals surface area (Å²) in [7, 11) is -4.83. The lowest BCUT2D eigenvalue weighted by atomic mass is 9.80. The lowest BCUT2D eigenvalue weighted by Crippen LogP contribution is -2.27. The fourth-order valence-electron chi connectivity index (χ4n) is 3.34. The van der Waals surface area contributed by atoms with Crippen molar-refractivity contribution in [2.24, 2.45) is 5.41 Å². The molecule has 1 N–H and O–H groups in total. The number of rotatable bonds is 11. The van der Waals surface area contributed by atoms with Crippen LogP contribution in [0.5, 0.6) is 5.75 Å². The van der Waals surface area contributed by atoms with Crippen molar-refractivity contribution in [1.29, 1.82) is 0 Å². The molecule has 3 rings (SSSR count). The molecule has 0 bridgehead atoms. The quantitative estimate of drug-likeness (QED) is 0.539. The third-order valence-corrected chi connectivity index (χ3v) is 6.57. The second-order valence-corrected chi connectivity index (χ2v) is 9.17. The van der Waals surface area contributed by atoms with E-state index < -0.39 is 15.8 Å². The molecule has 7 nitrogen and oxygen atoms in total. The van der Waals surface area contributed by atoms with Crippen molar-refractivity contribution in [3.8, 4) is 5.75 Å². The minimum Gasteiger partial charge on any atom is -0.493 e. The summed E-state index contributed by atoms with van der Waals surface area (Å²) >= 11 is 0. The van der Waals surface area contributed by atoms with E-state index in [1.807, 2.05) is 6.08 Å². The van der Waals surface area contributed by atoms with Gasteiger partial charge in [-0.15, -0.1) is 16.8 Å². The third kappa shape index (κ3) is 4.52. The van der Waals surface area contributed by atoms with Crippen molar-refractivity contribution in [2.45, 2.75) is 57.6 Å². The summed E-state index contributed by atoms with van der Waals surface area (Å²) in [5.41, 5.74) is 1.20. The number of nitrogens with zero attached hydrogens (tertiary/aromatic N) is 3. The largest absolute Gasteiger partial charge is 0.493 e. The Morgan fingerprint density at radius 1 is 1.38 bits per heavy atom. The molecule has 0 atom stereocenters. The topological polar surface area (TPSA) is 85.6 Å². The molecule has 0 saturated heterocycles. The van der Waals surface area contributed by atoms with Crippen LogP contribution in [0.3, 0.4) is 0 Å². The van der Waals surface area contributed by atoms with Crippen LogP contribution in [-0.4, -0.2) is 35.4 Å². The number of sulfonamides is 1. The maximum absolute atomic E-state index is 12.7. The number of halogens is 2. The molecule has 2 aromatic heterocycles. The number of allylic oxidation sites excluding steroid dienone is 1. The van der Waals surface area contributed by atoms with Crippen molar-refractivity contribution in [1.82, 2.24) is 14.6 Å². The SMILES string of the molecule is C=CCC(CC)(CC)COc1cc2nnc(NS(=O)(=O)C(F)F)n2cc1C1CC1. The number of fused-ring (bicyclic) bond motifs is 1. The average Bonchev–Trinajstić information content (AvgIpc) is 3.47. The van der Waals surface area contributed by atoms with Crippen molar-refractivity contribution >= 4 is 21.6 Å². The van der Waals surface area contributed by atoms with E-state index in [-0.39, 0.29) is 17.3 Å². The van der Waals surface area contributed by atoms with Gasteiger partial charge in [0.15, 0.2) is 5.65 Å². The Morgan fingerprint density at radius 3 is 2.62 bits per heavy atom. The first-order valence-electron chi connectivity index (χ1n) is 9.67. The standard InChI is InChI=1S/C19H26F2N4O3S/c1-4-9-19(5-2,6-3)12-28-15-10-16-22-23-18(24-29(26,27)17(20)21)25(16)11-14(15)13-7-8-13/h4,10-11,13,17H,1,5-9,12H2,2-3H3,(H,23,24). The minimum absolute atomic E-state index is 0.0135. The van der Waals surface area contributed by atoms with Gasteiger partial charge in [0.2, 0.25) is 5.95 Å². The Bertz CT molecular complexity index is 983. The van der Waals surface area contributed by atoms with Gasteiger partial charge in [-0.05, 0) is 38.0 Å². The van der Waals surface area contributed by atoms with Gasteiger partial charge in [0.25, 0.3) is 10.0 Å². The average molecular weight is 429 g/mol. The maximum atomic E-state index is 12.7. The maximum Gasteiger partial charge on any atom is 0.355 e. The van der Waals surface area contributed by atoms with E-state index in [0.717, 1.165) is 37.7 Å². The van der Waals surface area contributed by atoms with Crippen LogP contribution >= 0.6 is 0 Å². The highest BCUT2D eigenvalue weighted by atomic mass is 32.2. The lowest BCUT2D eigenvalue weighted by molar-refractivity contribution is 0.134. The summed E-state index contributed by atoms with van der Waals surface area (Å²) < 4.78 is 57.8. The van der Waals surface area contributed by atoms with E-state index in [4.69, 9.17) is 4.74 Å². The fourth-order valence-corrected chi connectivity index (χ4v) is 3.82. The lowest BCUT2D eigenvalue weighted by Gasteiger charge is -2.30. The van der Waals surface area contributed by atoms with E-state index in [0.29, 0.717) is 18.0 Å². The van der Waals surface area contributed by atoms with Gasteiger partial charge < -0.3 is 4.74 Å². The molecule has 1 aliphatic rings. The van der Waals surface area contributed by atoms with Gasteiger partial charge in [-0.1, -0.05) is 19.9 Å². The van der Waals surface area contributed by atoms with Crippen LogP contribution in [0.2, 0.25) is 0 Å². The van der Waals surface area contributed by atoms with Crippen molar-refractivity contribution < 1.29 is 21.9 Å². The van der Waals surface area contributed by atoms with E-state index >= 15 is 0 Å². The number of ether oxygens (including phenoxy) is 1. The van der Waals surface area contributed by atoms with E-state index in [1.54, 1.807) is 17.0 Å². The smallest absolute Gasteiger partial charge is 0.355 e. The Balaban J connectivity index is 1.93. The first kappa shape index (κ1) is 21.5. The van der Waals surface area contributed by atoms with Crippen LogP contribution in [0.15, 0.2) is 24.9 Å². The number of anilines is 1. The summed E-state index contributed by atoms with van der Waals surface area (Å²) in [6.07, 6.45) is 8.29. The molecule has 1 aliphatic carbocycles. The van der Waals surface area contributed by atoms with Crippen LogP contribution in [0.25, 0.3) is 5.65 Å². The minimum atomic E-state index is -4.83. The van der Waals surface area contributed by atoms with Gasteiger partial charge in [-0.25, -0.2) is 13.1 Å². The monoisotopic (exact) mass is 428 g/mol. The predicted molar refractivity (Wildman–Crippen MR) is 107 cm³/mol. The number of aromatic nitrogens is 3. The second-order valence-electron chi connectivity index (χ2n) is 7.52. The molecule has 0 radical (unpaired) electrons. The molecule has 1 saturated carbocycles. The number of hydrogen-bond acceptors (Lipinski definition) is 5. The number of nitrogens with one attached hydrogen (secondary N) is 1. The molecule has 0 amide bonds. The molecule has 0 aliphatic heterocycles. The molecule has 160 valence electrons. The number of alkyl halides is 2. The zero-order valence-electron chi connectivity index (χ0n) is 16.6. The molecule has 0 spiro atoms. The molecule has 0 unspecified atom stereocenters. The summed E-state index contributed by atoms with van der Waals surface area (Å²) in [4.78, 5) is 0. The number of hydrogen-bond donors (Lipinski definition) is 1. The van der Waals surface area contributed by atoms with Gasteiger partial charge in [0, 0.05) is 23.2 Å².